The van der Waals surface area contributed by atoms with Crippen LogP contribution in [0.3, 0.4) is 0 Å². The molecule has 1 aromatic heterocycles. The number of carbonyl (C=O) groups excluding carboxylic acids is 1. The molecular weight excluding hydrogens is 286 g/mol. The number of rotatable bonds is 4. The molecule has 0 spiro atoms. The summed E-state index contributed by atoms with van der Waals surface area (Å²) in [6.07, 6.45) is 0. The van der Waals surface area contributed by atoms with Gasteiger partial charge in [0.05, 0.1) is 18.3 Å². The van der Waals surface area contributed by atoms with Crippen LogP contribution in [-0.4, -0.2) is 60.1 Å². The lowest BCUT2D eigenvalue weighted by Crippen LogP contribution is -2.56. The zero-order chi connectivity index (χ0) is 15.0. The maximum atomic E-state index is 12.1. The molecule has 0 N–H and O–H groups in total. The second-order valence-corrected chi connectivity index (χ2v) is 7.16. The minimum atomic E-state index is -0.673. The number of carbonyl (C=O) groups is 1. The Bertz CT molecular complexity index is 521. The summed E-state index contributed by atoms with van der Waals surface area (Å²) in [6, 6.07) is 0.393. The lowest BCUT2D eigenvalue weighted by molar-refractivity contribution is -0.148. The summed E-state index contributed by atoms with van der Waals surface area (Å²) in [4.78, 5) is 21.9. The molecule has 3 saturated heterocycles. The lowest BCUT2D eigenvalue weighted by Gasteiger charge is -2.46. The van der Waals surface area contributed by atoms with Crippen molar-refractivity contribution < 1.29 is 9.53 Å². The highest BCUT2D eigenvalue weighted by Gasteiger charge is 2.37. The van der Waals surface area contributed by atoms with Crippen molar-refractivity contribution in [3.05, 3.63) is 16.1 Å². The summed E-state index contributed by atoms with van der Waals surface area (Å²) in [5.74, 6) is -0.198. The monoisotopic (exact) mass is 309 g/mol. The third kappa shape index (κ3) is 2.72. The van der Waals surface area contributed by atoms with Crippen molar-refractivity contribution >= 4 is 17.3 Å². The van der Waals surface area contributed by atoms with Crippen molar-refractivity contribution in [2.45, 2.75) is 32.2 Å². The molecule has 0 aliphatic carbocycles. The summed E-state index contributed by atoms with van der Waals surface area (Å²) in [5.41, 5.74) is 0.159. The molecule has 1 aromatic rings. The predicted molar refractivity (Wildman–Crippen MR) is 82.5 cm³/mol. The fraction of sp³-hybridized carbons (Fsp3) is 0.733. The van der Waals surface area contributed by atoms with Gasteiger partial charge in [-0.25, -0.2) is 4.98 Å². The van der Waals surface area contributed by atoms with Crippen LogP contribution < -0.4 is 0 Å². The van der Waals surface area contributed by atoms with Gasteiger partial charge in [0.2, 0.25) is 0 Å². The van der Waals surface area contributed by atoms with Gasteiger partial charge < -0.3 is 4.74 Å². The van der Waals surface area contributed by atoms with Crippen LogP contribution in [-0.2, 0) is 14.9 Å². The van der Waals surface area contributed by atoms with Crippen molar-refractivity contribution in [2.75, 3.05) is 39.3 Å². The molecule has 3 aliphatic rings. The summed E-state index contributed by atoms with van der Waals surface area (Å²) in [5, 5.41) is 3.15. The van der Waals surface area contributed by atoms with Crippen molar-refractivity contribution in [3.8, 4) is 0 Å². The van der Waals surface area contributed by atoms with Gasteiger partial charge in [-0.1, -0.05) is 0 Å². The molecule has 0 saturated carbocycles. The average molecular weight is 309 g/mol. The third-order valence-electron chi connectivity index (χ3n) is 4.51. The Balaban J connectivity index is 1.78. The number of hydrogen-bond acceptors (Lipinski definition) is 6. The van der Waals surface area contributed by atoms with Crippen LogP contribution in [0.1, 0.15) is 37.5 Å². The Hall–Kier alpha value is -0.980. The van der Waals surface area contributed by atoms with Crippen LogP contribution in [0.25, 0.3) is 0 Å². The zero-order valence-corrected chi connectivity index (χ0v) is 13.8. The Labute approximate surface area is 129 Å². The van der Waals surface area contributed by atoms with Crippen LogP contribution in [0.5, 0.6) is 0 Å². The van der Waals surface area contributed by atoms with Gasteiger partial charge >= 0.3 is 5.97 Å². The van der Waals surface area contributed by atoms with Gasteiger partial charge in [-0.15, -0.1) is 11.3 Å². The second kappa shape index (κ2) is 5.66. The molecule has 4 rings (SSSR count). The zero-order valence-electron chi connectivity index (χ0n) is 13.0. The number of hydrogen-bond donors (Lipinski definition) is 0. The molecule has 116 valence electrons. The van der Waals surface area contributed by atoms with Gasteiger partial charge in [-0.3, -0.25) is 14.6 Å². The minimum Gasteiger partial charge on any atom is -0.465 e. The van der Waals surface area contributed by atoms with E-state index in [4.69, 9.17) is 9.72 Å². The standard InChI is InChI=1S/C15H23N3O2S/c1-4-20-14(19)15(2,3)12-10-21-13(16-12)11-9-17-5-7-18(11)8-6-17/h10-11H,4-9H2,1-3H3. The maximum Gasteiger partial charge on any atom is 0.317 e. The molecule has 6 heteroatoms. The maximum absolute atomic E-state index is 12.1. The smallest absolute Gasteiger partial charge is 0.317 e. The van der Waals surface area contributed by atoms with Crippen molar-refractivity contribution in [2.24, 2.45) is 0 Å². The van der Waals surface area contributed by atoms with Crippen molar-refractivity contribution in [1.29, 1.82) is 0 Å². The Morgan fingerprint density at radius 1 is 1.43 bits per heavy atom. The number of thiazole rings is 1. The fourth-order valence-electron chi connectivity index (χ4n) is 3.00. The van der Waals surface area contributed by atoms with Gasteiger partial charge in [0.25, 0.3) is 0 Å². The van der Waals surface area contributed by atoms with E-state index in [2.05, 4.69) is 9.80 Å². The van der Waals surface area contributed by atoms with Crippen LogP contribution in [0.4, 0.5) is 0 Å². The normalized spacial score (nSPS) is 28.6. The molecule has 21 heavy (non-hydrogen) atoms. The number of esters is 1. The number of nitrogens with zero attached hydrogens (tertiary/aromatic N) is 3. The first-order valence-electron chi connectivity index (χ1n) is 7.62. The quantitative estimate of drug-likeness (QED) is 0.792. The van der Waals surface area contributed by atoms with E-state index in [1.807, 2.05) is 26.2 Å². The summed E-state index contributed by atoms with van der Waals surface area (Å²) >= 11 is 1.67. The van der Waals surface area contributed by atoms with E-state index in [1.54, 1.807) is 11.3 Å². The summed E-state index contributed by atoms with van der Waals surface area (Å²) < 4.78 is 5.17. The molecular formula is C15H23N3O2S. The van der Waals surface area contributed by atoms with Gasteiger partial charge in [-0.05, 0) is 20.8 Å². The Morgan fingerprint density at radius 2 is 2.14 bits per heavy atom. The highest BCUT2D eigenvalue weighted by atomic mass is 32.1. The van der Waals surface area contributed by atoms with Gasteiger partial charge in [0.15, 0.2) is 0 Å². The third-order valence-corrected chi connectivity index (χ3v) is 5.46. The number of aromatic nitrogens is 1. The van der Waals surface area contributed by atoms with Crippen LogP contribution in [0, 0.1) is 0 Å². The highest BCUT2D eigenvalue weighted by Crippen LogP contribution is 2.34. The highest BCUT2D eigenvalue weighted by molar-refractivity contribution is 7.09. The van der Waals surface area contributed by atoms with E-state index >= 15 is 0 Å². The second-order valence-electron chi connectivity index (χ2n) is 6.27. The first-order chi connectivity index (χ1) is 10.0. The summed E-state index contributed by atoms with van der Waals surface area (Å²) in [7, 11) is 0. The van der Waals surface area contributed by atoms with E-state index in [0.717, 1.165) is 30.3 Å². The molecule has 0 radical (unpaired) electrons. The first kappa shape index (κ1) is 14.9. The lowest BCUT2D eigenvalue weighted by atomic mass is 9.90. The molecule has 5 nitrogen and oxygen atoms in total. The number of ether oxygens (including phenoxy) is 1. The fourth-order valence-corrected chi connectivity index (χ4v) is 4.11. The molecule has 3 aliphatic heterocycles. The Kier molecular flexibility index (Phi) is 4.03. The molecule has 4 heterocycles. The SMILES string of the molecule is CCOC(=O)C(C)(C)c1csc(C2CN3CCN2CC3)n1. The van der Waals surface area contributed by atoms with Crippen LogP contribution in [0.2, 0.25) is 0 Å². The van der Waals surface area contributed by atoms with Crippen LogP contribution in [0.15, 0.2) is 5.38 Å². The number of piperazine rings is 3. The van der Waals surface area contributed by atoms with E-state index < -0.39 is 5.41 Å². The van der Waals surface area contributed by atoms with Gasteiger partial charge in [-0.2, -0.15) is 0 Å². The number of fused-ring (bicyclic) bond motifs is 3. The molecule has 1 unspecified atom stereocenters. The van der Waals surface area contributed by atoms with Crippen molar-refractivity contribution in [3.63, 3.8) is 0 Å². The molecule has 0 aromatic carbocycles. The summed E-state index contributed by atoms with van der Waals surface area (Å²) in [6.45, 7) is 11.7. The van der Waals surface area contributed by atoms with Gasteiger partial charge in [0.1, 0.15) is 10.4 Å². The van der Waals surface area contributed by atoms with E-state index in [0.29, 0.717) is 12.6 Å². The topological polar surface area (TPSA) is 45.7 Å². The molecule has 2 bridgehead atoms. The van der Waals surface area contributed by atoms with E-state index in [9.17, 15) is 4.79 Å². The largest absolute Gasteiger partial charge is 0.465 e. The molecule has 0 amide bonds. The molecule has 3 fully saturated rings. The predicted octanol–water partition coefficient (Wildman–Crippen LogP) is 1.66. The van der Waals surface area contributed by atoms with E-state index in [-0.39, 0.29) is 5.97 Å². The average Bonchev–Trinajstić information content (AvgIpc) is 2.99. The van der Waals surface area contributed by atoms with Crippen LogP contribution >= 0.6 is 11.3 Å². The van der Waals surface area contributed by atoms with Crippen molar-refractivity contribution in [1.82, 2.24) is 14.8 Å². The Morgan fingerprint density at radius 3 is 2.71 bits per heavy atom. The first-order valence-corrected chi connectivity index (χ1v) is 8.50. The molecule has 1 atom stereocenters. The van der Waals surface area contributed by atoms with Gasteiger partial charge in [0, 0.05) is 38.1 Å². The van der Waals surface area contributed by atoms with E-state index in [1.165, 1.54) is 13.1 Å². The minimum absolute atomic E-state index is 0.198.